The molecule has 1 atom stereocenters. The summed E-state index contributed by atoms with van der Waals surface area (Å²) in [5.41, 5.74) is 3.66. The first-order chi connectivity index (χ1) is 12.6. The summed E-state index contributed by atoms with van der Waals surface area (Å²) in [5, 5.41) is 9.29. The molecule has 3 rings (SSSR count). The van der Waals surface area contributed by atoms with Crippen molar-refractivity contribution in [1.29, 1.82) is 0 Å². The highest BCUT2D eigenvalue weighted by atomic mass is 16.5. The molecule has 4 nitrogen and oxygen atoms in total. The first-order valence-electron chi connectivity index (χ1n) is 9.34. The molecule has 0 spiro atoms. The van der Waals surface area contributed by atoms with Crippen molar-refractivity contribution in [2.24, 2.45) is 5.92 Å². The maximum absolute atomic E-state index is 11.3. The van der Waals surface area contributed by atoms with Crippen LogP contribution in [0.1, 0.15) is 42.5 Å². The molecule has 0 bridgehead atoms. The molecule has 0 saturated carbocycles. The van der Waals surface area contributed by atoms with Gasteiger partial charge in [0.15, 0.2) is 0 Å². The number of aliphatic carboxylic acids is 1. The number of hydrogen-bond donors (Lipinski definition) is 1. The van der Waals surface area contributed by atoms with Crippen molar-refractivity contribution in [3.05, 3.63) is 65.2 Å². The molecule has 0 aliphatic carbocycles. The molecule has 138 valence electrons. The number of ether oxygens (including phenoxy) is 1. The monoisotopic (exact) mass is 353 g/mol. The van der Waals surface area contributed by atoms with Gasteiger partial charge in [0.1, 0.15) is 5.75 Å². The van der Waals surface area contributed by atoms with E-state index in [2.05, 4.69) is 48.2 Å². The van der Waals surface area contributed by atoms with Crippen LogP contribution in [0.2, 0.25) is 0 Å². The minimum atomic E-state index is -0.671. The zero-order chi connectivity index (χ0) is 18.5. The summed E-state index contributed by atoms with van der Waals surface area (Å²) in [6.07, 6.45) is 1.39. The number of carboxylic acids is 1. The van der Waals surface area contributed by atoms with Crippen LogP contribution >= 0.6 is 0 Å². The summed E-state index contributed by atoms with van der Waals surface area (Å²) >= 11 is 0. The van der Waals surface area contributed by atoms with Crippen molar-refractivity contribution >= 4 is 5.97 Å². The van der Waals surface area contributed by atoms with Crippen LogP contribution in [-0.2, 0) is 4.79 Å². The van der Waals surface area contributed by atoms with Crippen LogP contribution in [0.3, 0.4) is 0 Å². The summed E-state index contributed by atoms with van der Waals surface area (Å²) in [7, 11) is 0. The van der Waals surface area contributed by atoms with Crippen LogP contribution in [0.5, 0.6) is 5.75 Å². The van der Waals surface area contributed by atoms with E-state index in [9.17, 15) is 9.90 Å². The fourth-order valence-electron chi connectivity index (χ4n) is 3.80. The van der Waals surface area contributed by atoms with Gasteiger partial charge in [0.05, 0.1) is 18.6 Å². The molecule has 26 heavy (non-hydrogen) atoms. The maximum atomic E-state index is 11.3. The van der Waals surface area contributed by atoms with Crippen molar-refractivity contribution in [1.82, 2.24) is 4.90 Å². The molecule has 2 aromatic carbocycles. The lowest BCUT2D eigenvalue weighted by Crippen LogP contribution is -2.39. The summed E-state index contributed by atoms with van der Waals surface area (Å²) in [6.45, 7) is 6.31. The SMILES string of the molecule is CCOc1cccc(C(c2cccc(C)c2)N2CCC(C(=O)O)CC2)c1. The molecular formula is C22H27NO3. The summed E-state index contributed by atoms with van der Waals surface area (Å²) in [4.78, 5) is 13.7. The number of rotatable bonds is 6. The van der Waals surface area contributed by atoms with Crippen molar-refractivity contribution in [3.63, 3.8) is 0 Å². The molecule has 1 aliphatic rings. The minimum Gasteiger partial charge on any atom is -0.494 e. The second kappa shape index (κ2) is 8.37. The molecule has 1 saturated heterocycles. The average molecular weight is 353 g/mol. The summed E-state index contributed by atoms with van der Waals surface area (Å²) in [5.74, 6) is -0.0163. The molecule has 1 heterocycles. The standard InChI is InChI=1S/C22H27NO3/c1-3-26-20-9-5-8-19(15-20)21(18-7-4-6-16(2)14-18)23-12-10-17(11-13-23)22(24)25/h4-9,14-15,17,21H,3,10-13H2,1-2H3,(H,24,25). The van der Waals surface area contributed by atoms with E-state index in [4.69, 9.17) is 4.74 Å². The van der Waals surface area contributed by atoms with Gasteiger partial charge in [-0.15, -0.1) is 0 Å². The van der Waals surface area contributed by atoms with E-state index in [1.807, 2.05) is 19.1 Å². The smallest absolute Gasteiger partial charge is 0.306 e. The highest BCUT2D eigenvalue weighted by molar-refractivity contribution is 5.70. The third-order valence-electron chi connectivity index (χ3n) is 5.09. The van der Waals surface area contributed by atoms with Gasteiger partial charge in [-0.2, -0.15) is 0 Å². The van der Waals surface area contributed by atoms with Crippen LogP contribution in [0.4, 0.5) is 0 Å². The highest BCUT2D eigenvalue weighted by Crippen LogP contribution is 2.34. The Balaban J connectivity index is 1.93. The highest BCUT2D eigenvalue weighted by Gasteiger charge is 2.30. The Morgan fingerprint density at radius 2 is 1.81 bits per heavy atom. The van der Waals surface area contributed by atoms with Gasteiger partial charge in [0, 0.05) is 0 Å². The number of carbonyl (C=O) groups is 1. The Kier molecular flexibility index (Phi) is 5.94. The maximum Gasteiger partial charge on any atom is 0.306 e. The largest absolute Gasteiger partial charge is 0.494 e. The molecule has 0 amide bonds. The van der Waals surface area contributed by atoms with Gasteiger partial charge in [0.2, 0.25) is 0 Å². The van der Waals surface area contributed by atoms with E-state index in [0.717, 1.165) is 18.8 Å². The number of carboxylic acid groups (broad SMARTS) is 1. The topological polar surface area (TPSA) is 49.8 Å². The minimum absolute atomic E-state index is 0.116. The van der Waals surface area contributed by atoms with Crippen molar-refractivity contribution in [2.45, 2.75) is 32.7 Å². The van der Waals surface area contributed by atoms with Crippen molar-refractivity contribution in [3.8, 4) is 5.75 Å². The van der Waals surface area contributed by atoms with Crippen molar-refractivity contribution in [2.75, 3.05) is 19.7 Å². The van der Waals surface area contributed by atoms with Gasteiger partial charge in [-0.3, -0.25) is 9.69 Å². The first kappa shape index (κ1) is 18.5. The second-order valence-corrected chi connectivity index (χ2v) is 6.97. The Morgan fingerprint density at radius 3 is 2.42 bits per heavy atom. The predicted octanol–water partition coefficient (Wildman–Crippen LogP) is 4.28. The second-order valence-electron chi connectivity index (χ2n) is 6.97. The zero-order valence-corrected chi connectivity index (χ0v) is 15.5. The summed E-state index contributed by atoms with van der Waals surface area (Å²) < 4.78 is 5.70. The number of likely N-dealkylation sites (tertiary alicyclic amines) is 1. The first-order valence-corrected chi connectivity index (χ1v) is 9.34. The van der Waals surface area contributed by atoms with Crippen LogP contribution in [0.15, 0.2) is 48.5 Å². The normalized spacial score (nSPS) is 17.0. The van der Waals surface area contributed by atoms with Gasteiger partial charge < -0.3 is 9.84 Å². The van der Waals surface area contributed by atoms with Crippen LogP contribution in [0.25, 0.3) is 0 Å². The van der Waals surface area contributed by atoms with E-state index < -0.39 is 5.97 Å². The molecule has 1 unspecified atom stereocenters. The van der Waals surface area contributed by atoms with Crippen LogP contribution < -0.4 is 4.74 Å². The third-order valence-corrected chi connectivity index (χ3v) is 5.09. The lowest BCUT2D eigenvalue weighted by atomic mass is 9.91. The number of hydrogen-bond acceptors (Lipinski definition) is 3. The number of aryl methyl sites for hydroxylation is 1. The summed E-state index contributed by atoms with van der Waals surface area (Å²) in [6, 6.07) is 17.0. The van der Waals surface area contributed by atoms with Gasteiger partial charge in [-0.05, 0) is 63.0 Å². The molecule has 4 heteroatoms. The van der Waals surface area contributed by atoms with E-state index >= 15 is 0 Å². The Morgan fingerprint density at radius 1 is 1.15 bits per heavy atom. The fraction of sp³-hybridized carbons (Fsp3) is 0.409. The molecule has 0 radical (unpaired) electrons. The molecule has 0 aromatic heterocycles. The quantitative estimate of drug-likeness (QED) is 0.842. The molecule has 2 aromatic rings. The molecule has 1 N–H and O–H groups in total. The molecule has 1 aliphatic heterocycles. The lowest BCUT2D eigenvalue weighted by molar-refractivity contribution is -0.143. The van der Waals surface area contributed by atoms with Gasteiger partial charge in [0.25, 0.3) is 0 Å². The number of benzene rings is 2. The van der Waals surface area contributed by atoms with E-state index in [1.165, 1.54) is 16.7 Å². The Bertz CT molecular complexity index is 751. The van der Waals surface area contributed by atoms with Crippen molar-refractivity contribution < 1.29 is 14.6 Å². The van der Waals surface area contributed by atoms with Gasteiger partial charge in [-0.1, -0.05) is 42.0 Å². The van der Waals surface area contributed by atoms with E-state index in [0.29, 0.717) is 19.4 Å². The van der Waals surface area contributed by atoms with Gasteiger partial charge in [-0.25, -0.2) is 0 Å². The molecule has 1 fully saturated rings. The third kappa shape index (κ3) is 4.25. The predicted molar refractivity (Wildman–Crippen MR) is 103 cm³/mol. The van der Waals surface area contributed by atoms with E-state index in [1.54, 1.807) is 0 Å². The number of nitrogens with zero attached hydrogens (tertiary/aromatic N) is 1. The van der Waals surface area contributed by atoms with E-state index in [-0.39, 0.29) is 12.0 Å². The van der Waals surface area contributed by atoms with Crippen LogP contribution in [-0.4, -0.2) is 35.7 Å². The molecular weight excluding hydrogens is 326 g/mol. The Hall–Kier alpha value is -2.33. The number of piperidine rings is 1. The van der Waals surface area contributed by atoms with Gasteiger partial charge >= 0.3 is 5.97 Å². The zero-order valence-electron chi connectivity index (χ0n) is 15.5. The fourth-order valence-corrected chi connectivity index (χ4v) is 3.80. The average Bonchev–Trinajstić information content (AvgIpc) is 2.63. The van der Waals surface area contributed by atoms with Crippen LogP contribution in [0, 0.1) is 12.8 Å². The lowest BCUT2D eigenvalue weighted by Gasteiger charge is -2.37. The Labute approximate surface area is 155 Å².